The van der Waals surface area contributed by atoms with Crippen LogP contribution in [0.1, 0.15) is 22.9 Å². The van der Waals surface area contributed by atoms with Crippen molar-refractivity contribution in [3.8, 4) is 5.75 Å². The first kappa shape index (κ1) is 13.1. The van der Waals surface area contributed by atoms with E-state index in [9.17, 15) is 0 Å². The summed E-state index contributed by atoms with van der Waals surface area (Å²) in [4.78, 5) is 4.33. The van der Waals surface area contributed by atoms with Gasteiger partial charge in [0.15, 0.2) is 0 Å². The van der Waals surface area contributed by atoms with E-state index in [0.717, 1.165) is 15.7 Å². The van der Waals surface area contributed by atoms with Crippen molar-refractivity contribution in [1.82, 2.24) is 4.98 Å². The first-order valence-corrected chi connectivity index (χ1v) is 6.43. The maximum atomic E-state index is 6.29. The molecule has 0 aliphatic rings. The molecule has 1 heterocycles. The number of pyridine rings is 1. The van der Waals surface area contributed by atoms with Gasteiger partial charge < -0.3 is 10.5 Å². The van der Waals surface area contributed by atoms with Crippen molar-refractivity contribution in [3.63, 3.8) is 0 Å². The maximum absolute atomic E-state index is 6.29. The Balaban J connectivity index is 2.47. The third-order valence-electron chi connectivity index (χ3n) is 2.80. The summed E-state index contributed by atoms with van der Waals surface area (Å²) in [6.07, 6.45) is 1.72. The van der Waals surface area contributed by atoms with Gasteiger partial charge in [0.25, 0.3) is 0 Å². The second kappa shape index (κ2) is 5.50. The molecule has 0 fully saturated rings. The topological polar surface area (TPSA) is 48.1 Å². The summed E-state index contributed by atoms with van der Waals surface area (Å²) in [5, 5.41) is 0. The Bertz CT molecular complexity index is 557. The van der Waals surface area contributed by atoms with Crippen LogP contribution in [0.15, 0.2) is 41.0 Å². The molecule has 18 heavy (non-hydrogen) atoms. The van der Waals surface area contributed by atoms with E-state index in [-0.39, 0.29) is 6.04 Å². The summed E-state index contributed by atoms with van der Waals surface area (Å²) in [5.41, 5.74) is 9.20. The highest BCUT2D eigenvalue weighted by Gasteiger charge is 2.17. The van der Waals surface area contributed by atoms with Gasteiger partial charge in [-0.2, -0.15) is 0 Å². The summed E-state index contributed by atoms with van der Waals surface area (Å²) in [5.74, 6) is 0.707. The lowest BCUT2D eigenvalue weighted by Gasteiger charge is -2.16. The summed E-state index contributed by atoms with van der Waals surface area (Å²) in [7, 11) is 1.62. The Morgan fingerprint density at radius 1 is 1.33 bits per heavy atom. The van der Waals surface area contributed by atoms with Gasteiger partial charge in [0.05, 0.1) is 13.2 Å². The van der Waals surface area contributed by atoms with Crippen LogP contribution in [-0.4, -0.2) is 12.1 Å². The molecule has 0 spiro atoms. The Labute approximate surface area is 115 Å². The molecular weight excluding hydrogens is 292 g/mol. The standard InChI is InChI=1S/C14H15BrN2O/c1-9-5-6-11(15)10(8-9)13(16)14-12(18-2)4-3-7-17-14/h3-8,13H,16H2,1-2H3. The number of ether oxygens (including phenoxy) is 1. The highest BCUT2D eigenvalue weighted by Crippen LogP contribution is 2.30. The fraction of sp³-hybridized carbons (Fsp3) is 0.214. The normalized spacial score (nSPS) is 12.2. The molecule has 0 radical (unpaired) electrons. The van der Waals surface area contributed by atoms with Gasteiger partial charge in [-0.1, -0.05) is 33.6 Å². The van der Waals surface area contributed by atoms with Crippen molar-refractivity contribution in [3.05, 3.63) is 57.8 Å². The molecule has 3 nitrogen and oxygen atoms in total. The fourth-order valence-electron chi connectivity index (χ4n) is 1.86. The second-order valence-corrected chi connectivity index (χ2v) is 4.95. The molecule has 1 atom stereocenters. The van der Waals surface area contributed by atoms with Crippen molar-refractivity contribution in [1.29, 1.82) is 0 Å². The molecule has 0 saturated heterocycles. The minimum atomic E-state index is -0.310. The molecule has 0 amide bonds. The molecule has 2 rings (SSSR count). The largest absolute Gasteiger partial charge is 0.495 e. The van der Waals surface area contributed by atoms with Crippen molar-refractivity contribution < 1.29 is 4.74 Å². The Hall–Kier alpha value is -1.39. The van der Waals surface area contributed by atoms with Crippen LogP contribution in [0.2, 0.25) is 0 Å². The number of nitrogens with zero attached hydrogens (tertiary/aromatic N) is 1. The highest BCUT2D eigenvalue weighted by molar-refractivity contribution is 9.10. The van der Waals surface area contributed by atoms with Gasteiger partial charge in [0.1, 0.15) is 11.4 Å². The van der Waals surface area contributed by atoms with Gasteiger partial charge in [-0.25, -0.2) is 0 Å². The lowest BCUT2D eigenvalue weighted by Crippen LogP contribution is -2.15. The van der Waals surface area contributed by atoms with Gasteiger partial charge >= 0.3 is 0 Å². The summed E-state index contributed by atoms with van der Waals surface area (Å²) in [6, 6.07) is 9.49. The zero-order chi connectivity index (χ0) is 13.1. The first-order valence-electron chi connectivity index (χ1n) is 5.64. The highest BCUT2D eigenvalue weighted by atomic mass is 79.9. The molecule has 1 aromatic heterocycles. The van der Waals surface area contributed by atoms with Crippen LogP contribution in [0.3, 0.4) is 0 Å². The predicted octanol–water partition coefficient (Wildman–Crippen LogP) is 3.21. The average Bonchev–Trinajstić information content (AvgIpc) is 2.40. The maximum Gasteiger partial charge on any atom is 0.142 e. The van der Waals surface area contributed by atoms with Crippen molar-refractivity contribution in [2.75, 3.05) is 7.11 Å². The fourth-order valence-corrected chi connectivity index (χ4v) is 2.35. The number of aryl methyl sites for hydroxylation is 1. The molecule has 94 valence electrons. The number of hydrogen-bond donors (Lipinski definition) is 1. The van der Waals surface area contributed by atoms with Gasteiger partial charge in [-0.15, -0.1) is 0 Å². The Morgan fingerprint density at radius 2 is 2.11 bits per heavy atom. The van der Waals surface area contributed by atoms with E-state index < -0.39 is 0 Å². The Kier molecular flexibility index (Phi) is 3.99. The lowest BCUT2D eigenvalue weighted by atomic mass is 10.0. The predicted molar refractivity (Wildman–Crippen MR) is 75.7 cm³/mol. The molecule has 0 bridgehead atoms. The van der Waals surface area contributed by atoms with E-state index in [1.54, 1.807) is 13.3 Å². The number of methoxy groups -OCH3 is 1. The van der Waals surface area contributed by atoms with Crippen LogP contribution < -0.4 is 10.5 Å². The van der Waals surface area contributed by atoms with Crippen LogP contribution in [-0.2, 0) is 0 Å². The van der Waals surface area contributed by atoms with Crippen LogP contribution in [0.5, 0.6) is 5.75 Å². The van der Waals surface area contributed by atoms with E-state index in [0.29, 0.717) is 5.75 Å². The number of hydrogen-bond acceptors (Lipinski definition) is 3. The number of nitrogens with two attached hydrogens (primary N) is 1. The van der Waals surface area contributed by atoms with E-state index in [2.05, 4.69) is 27.0 Å². The lowest BCUT2D eigenvalue weighted by molar-refractivity contribution is 0.404. The number of rotatable bonds is 3. The molecule has 0 saturated carbocycles. The smallest absolute Gasteiger partial charge is 0.142 e. The zero-order valence-electron chi connectivity index (χ0n) is 10.4. The van der Waals surface area contributed by atoms with E-state index in [1.807, 2.05) is 31.2 Å². The summed E-state index contributed by atoms with van der Waals surface area (Å²) in [6.45, 7) is 2.04. The number of halogens is 1. The van der Waals surface area contributed by atoms with Crippen LogP contribution in [0.25, 0.3) is 0 Å². The number of benzene rings is 1. The van der Waals surface area contributed by atoms with Crippen LogP contribution in [0, 0.1) is 6.92 Å². The molecule has 2 aromatic rings. The van der Waals surface area contributed by atoms with Gasteiger partial charge in [0, 0.05) is 10.7 Å². The molecular formula is C14H15BrN2O. The van der Waals surface area contributed by atoms with Crippen LogP contribution >= 0.6 is 15.9 Å². The third kappa shape index (κ3) is 2.54. The second-order valence-electron chi connectivity index (χ2n) is 4.09. The quantitative estimate of drug-likeness (QED) is 0.947. The molecule has 1 unspecified atom stereocenters. The van der Waals surface area contributed by atoms with Gasteiger partial charge in [-0.05, 0) is 30.7 Å². The van der Waals surface area contributed by atoms with Crippen molar-refractivity contribution in [2.45, 2.75) is 13.0 Å². The molecule has 0 aliphatic heterocycles. The first-order chi connectivity index (χ1) is 8.63. The van der Waals surface area contributed by atoms with E-state index in [1.165, 1.54) is 5.56 Å². The monoisotopic (exact) mass is 306 g/mol. The summed E-state index contributed by atoms with van der Waals surface area (Å²) < 4.78 is 6.28. The van der Waals surface area contributed by atoms with Gasteiger partial charge in [-0.3, -0.25) is 4.98 Å². The zero-order valence-corrected chi connectivity index (χ0v) is 11.9. The molecule has 2 N–H and O–H groups in total. The average molecular weight is 307 g/mol. The summed E-state index contributed by atoms with van der Waals surface area (Å²) >= 11 is 3.53. The Morgan fingerprint density at radius 3 is 2.83 bits per heavy atom. The van der Waals surface area contributed by atoms with Crippen molar-refractivity contribution >= 4 is 15.9 Å². The SMILES string of the molecule is COc1cccnc1C(N)c1cc(C)ccc1Br. The van der Waals surface area contributed by atoms with Crippen molar-refractivity contribution in [2.24, 2.45) is 5.73 Å². The molecule has 0 aliphatic carbocycles. The van der Waals surface area contributed by atoms with E-state index >= 15 is 0 Å². The molecule has 1 aromatic carbocycles. The van der Waals surface area contributed by atoms with Gasteiger partial charge in [0.2, 0.25) is 0 Å². The minimum absolute atomic E-state index is 0.310. The molecule has 4 heteroatoms. The van der Waals surface area contributed by atoms with Crippen LogP contribution in [0.4, 0.5) is 0 Å². The minimum Gasteiger partial charge on any atom is -0.495 e. The third-order valence-corrected chi connectivity index (χ3v) is 3.52. The van der Waals surface area contributed by atoms with E-state index in [4.69, 9.17) is 10.5 Å². The number of aromatic nitrogens is 1.